The molecule has 0 amide bonds. The lowest BCUT2D eigenvalue weighted by atomic mass is 10.1. The van der Waals surface area contributed by atoms with Crippen LogP contribution < -0.4 is 5.32 Å². The minimum Gasteiger partial charge on any atom is -0.480 e. The first-order chi connectivity index (χ1) is 5.61. The summed E-state index contributed by atoms with van der Waals surface area (Å²) in [6.45, 7) is 3.49. The molecule has 0 aliphatic rings. The maximum atomic E-state index is 10.4. The van der Waals surface area contributed by atoms with Gasteiger partial charge in [-0.25, -0.2) is 0 Å². The summed E-state index contributed by atoms with van der Waals surface area (Å²) in [6, 6.07) is 1.41. The van der Waals surface area contributed by atoms with E-state index in [-0.39, 0.29) is 6.04 Å². The largest absolute Gasteiger partial charge is 0.480 e. The molecule has 4 heteroatoms. The molecule has 0 fully saturated rings. The number of nitriles is 1. The first-order valence-corrected chi connectivity index (χ1v) is 3.97. The van der Waals surface area contributed by atoms with Crippen LogP contribution in [0, 0.1) is 11.3 Å². The lowest BCUT2D eigenvalue weighted by molar-refractivity contribution is -0.139. The van der Waals surface area contributed by atoms with Gasteiger partial charge in [0, 0.05) is 6.04 Å². The normalized spacial score (nSPS) is 14.8. The Morgan fingerprint density at radius 1 is 1.75 bits per heavy atom. The Labute approximate surface area is 72.2 Å². The third-order valence-electron chi connectivity index (χ3n) is 1.69. The van der Waals surface area contributed by atoms with Gasteiger partial charge in [0.25, 0.3) is 0 Å². The van der Waals surface area contributed by atoms with Crippen molar-refractivity contribution in [3.05, 3.63) is 0 Å². The van der Waals surface area contributed by atoms with Gasteiger partial charge >= 0.3 is 5.97 Å². The second-order valence-corrected chi connectivity index (χ2v) is 2.69. The van der Waals surface area contributed by atoms with E-state index in [0.717, 1.165) is 6.42 Å². The lowest BCUT2D eigenvalue weighted by Gasteiger charge is -2.16. The molecule has 0 aromatic rings. The second-order valence-electron chi connectivity index (χ2n) is 2.69. The Morgan fingerprint density at radius 3 is 2.67 bits per heavy atom. The zero-order valence-corrected chi connectivity index (χ0v) is 7.37. The summed E-state index contributed by atoms with van der Waals surface area (Å²) in [5.41, 5.74) is 0. The Bertz CT molecular complexity index is 186. The van der Waals surface area contributed by atoms with Gasteiger partial charge in [0.2, 0.25) is 0 Å². The molecule has 0 saturated heterocycles. The summed E-state index contributed by atoms with van der Waals surface area (Å²) in [5.74, 6) is -0.883. The van der Waals surface area contributed by atoms with E-state index in [2.05, 4.69) is 5.32 Å². The molecule has 0 heterocycles. The van der Waals surface area contributed by atoms with Crippen molar-refractivity contribution in [2.75, 3.05) is 0 Å². The number of nitrogens with one attached hydrogen (secondary N) is 1. The van der Waals surface area contributed by atoms with Gasteiger partial charge in [0.05, 0.1) is 12.5 Å². The predicted molar refractivity (Wildman–Crippen MR) is 44.5 cm³/mol. The quantitative estimate of drug-likeness (QED) is 0.638. The van der Waals surface area contributed by atoms with Crippen LogP contribution in [0.5, 0.6) is 0 Å². The molecule has 12 heavy (non-hydrogen) atoms. The van der Waals surface area contributed by atoms with Gasteiger partial charge in [-0.05, 0) is 13.3 Å². The van der Waals surface area contributed by atoms with Crippen LogP contribution in [0.15, 0.2) is 0 Å². The molecule has 0 aromatic carbocycles. The average molecular weight is 170 g/mol. The van der Waals surface area contributed by atoms with E-state index in [1.807, 2.05) is 13.0 Å². The van der Waals surface area contributed by atoms with Crippen molar-refractivity contribution in [1.29, 1.82) is 5.26 Å². The highest BCUT2D eigenvalue weighted by atomic mass is 16.4. The molecule has 0 saturated carbocycles. The fourth-order valence-electron chi connectivity index (χ4n) is 0.856. The smallest absolute Gasteiger partial charge is 0.320 e. The molecule has 4 nitrogen and oxygen atoms in total. The van der Waals surface area contributed by atoms with Gasteiger partial charge in [-0.15, -0.1) is 0 Å². The number of aliphatic carboxylic acids is 1. The lowest BCUT2D eigenvalue weighted by Crippen LogP contribution is -2.40. The zero-order chi connectivity index (χ0) is 9.56. The summed E-state index contributed by atoms with van der Waals surface area (Å²) in [6.07, 6.45) is 1.12. The van der Waals surface area contributed by atoms with Crippen molar-refractivity contribution < 1.29 is 9.90 Å². The van der Waals surface area contributed by atoms with E-state index < -0.39 is 12.0 Å². The van der Waals surface area contributed by atoms with Gasteiger partial charge < -0.3 is 10.4 Å². The number of rotatable bonds is 5. The van der Waals surface area contributed by atoms with Crippen molar-refractivity contribution in [3.8, 4) is 6.07 Å². The maximum Gasteiger partial charge on any atom is 0.320 e. The van der Waals surface area contributed by atoms with E-state index in [9.17, 15) is 4.79 Å². The Morgan fingerprint density at radius 2 is 2.33 bits per heavy atom. The van der Waals surface area contributed by atoms with Crippen LogP contribution >= 0.6 is 0 Å². The highest BCUT2D eigenvalue weighted by Crippen LogP contribution is 1.97. The van der Waals surface area contributed by atoms with Crippen molar-refractivity contribution >= 4 is 5.97 Å². The number of carboxylic acids is 1. The number of hydrogen-bond acceptors (Lipinski definition) is 3. The van der Waals surface area contributed by atoms with E-state index in [4.69, 9.17) is 10.4 Å². The first kappa shape index (κ1) is 10.9. The van der Waals surface area contributed by atoms with Crippen molar-refractivity contribution in [2.45, 2.75) is 38.8 Å². The van der Waals surface area contributed by atoms with Crippen molar-refractivity contribution in [2.24, 2.45) is 0 Å². The van der Waals surface area contributed by atoms with Crippen LogP contribution in [0.25, 0.3) is 0 Å². The SMILES string of the molecule is CCC(CC#N)NC(C)C(=O)O. The average Bonchev–Trinajstić information content (AvgIpc) is 2.03. The van der Waals surface area contributed by atoms with E-state index in [1.54, 1.807) is 6.92 Å². The molecule has 2 atom stereocenters. The first-order valence-electron chi connectivity index (χ1n) is 3.97. The van der Waals surface area contributed by atoms with Crippen LogP contribution in [0.1, 0.15) is 26.7 Å². The minimum atomic E-state index is -0.883. The number of hydrogen-bond donors (Lipinski definition) is 2. The molecule has 0 radical (unpaired) electrons. The number of carboxylic acid groups (broad SMARTS) is 1. The van der Waals surface area contributed by atoms with Crippen molar-refractivity contribution in [3.63, 3.8) is 0 Å². The molecule has 2 unspecified atom stereocenters. The van der Waals surface area contributed by atoms with E-state index in [1.165, 1.54) is 0 Å². The Balaban J connectivity index is 3.86. The Hall–Kier alpha value is -1.08. The second kappa shape index (κ2) is 5.56. The molecule has 0 aliphatic heterocycles. The molecular weight excluding hydrogens is 156 g/mol. The van der Waals surface area contributed by atoms with Gasteiger partial charge in [-0.1, -0.05) is 6.92 Å². The monoisotopic (exact) mass is 170 g/mol. The molecule has 0 aliphatic carbocycles. The van der Waals surface area contributed by atoms with Crippen molar-refractivity contribution in [1.82, 2.24) is 5.32 Å². The van der Waals surface area contributed by atoms with Crippen LogP contribution in [-0.4, -0.2) is 23.2 Å². The predicted octanol–water partition coefficient (Wildman–Crippen LogP) is 0.741. The van der Waals surface area contributed by atoms with E-state index in [0.29, 0.717) is 6.42 Å². The summed E-state index contributed by atoms with van der Waals surface area (Å²) in [4.78, 5) is 10.4. The topological polar surface area (TPSA) is 73.1 Å². The fraction of sp³-hybridized carbons (Fsp3) is 0.750. The molecule has 0 aromatic heterocycles. The molecule has 0 spiro atoms. The van der Waals surface area contributed by atoms with Crippen LogP contribution in [0.4, 0.5) is 0 Å². The molecule has 0 bridgehead atoms. The van der Waals surface area contributed by atoms with Crippen LogP contribution in [0.2, 0.25) is 0 Å². The maximum absolute atomic E-state index is 10.4. The van der Waals surface area contributed by atoms with Gasteiger partial charge in [0.1, 0.15) is 6.04 Å². The highest BCUT2D eigenvalue weighted by molar-refractivity contribution is 5.72. The zero-order valence-electron chi connectivity index (χ0n) is 7.37. The summed E-state index contributed by atoms with van der Waals surface area (Å²) in [5, 5.41) is 19.8. The van der Waals surface area contributed by atoms with Crippen LogP contribution in [0.3, 0.4) is 0 Å². The fourth-order valence-corrected chi connectivity index (χ4v) is 0.856. The molecule has 2 N–H and O–H groups in total. The summed E-state index contributed by atoms with van der Waals surface area (Å²) in [7, 11) is 0. The third-order valence-corrected chi connectivity index (χ3v) is 1.69. The third kappa shape index (κ3) is 3.94. The highest BCUT2D eigenvalue weighted by Gasteiger charge is 2.14. The van der Waals surface area contributed by atoms with Gasteiger partial charge in [0.15, 0.2) is 0 Å². The molecule has 0 rings (SSSR count). The van der Waals surface area contributed by atoms with Gasteiger partial charge in [-0.3, -0.25) is 4.79 Å². The van der Waals surface area contributed by atoms with Gasteiger partial charge in [-0.2, -0.15) is 5.26 Å². The Kier molecular flexibility index (Phi) is 5.06. The van der Waals surface area contributed by atoms with Crippen LogP contribution in [-0.2, 0) is 4.79 Å². The summed E-state index contributed by atoms with van der Waals surface area (Å²) < 4.78 is 0. The minimum absolute atomic E-state index is 0.0129. The van der Waals surface area contributed by atoms with E-state index >= 15 is 0 Å². The molecular formula is C8H14N2O2. The number of nitrogens with zero attached hydrogens (tertiary/aromatic N) is 1. The molecule has 68 valence electrons. The number of carbonyl (C=O) groups is 1. The standard InChI is InChI=1S/C8H14N2O2/c1-3-7(4-5-9)10-6(2)8(11)12/h6-7,10H,3-4H2,1-2H3,(H,11,12). The summed E-state index contributed by atoms with van der Waals surface area (Å²) >= 11 is 0.